The van der Waals surface area contributed by atoms with Crippen molar-refractivity contribution in [2.24, 2.45) is 0 Å². The smallest absolute Gasteiger partial charge is 0.293 e. The van der Waals surface area contributed by atoms with Crippen LogP contribution in [0.1, 0.15) is 17.5 Å². The van der Waals surface area contributed by atoms with Gasteiger partial charge < -0.3 is 15.6 Å². The van der Waals surface area contributed by atoms with Gasteiger partial charge in [0.2, 0.25) is 5.91 Å². The normalized spacial score (nSPS) is 10.1. The first-order chi connectivity index (χ1) is 11.0. The van der Waals surface area contributed by atoms with Crippen molar-refractivity contribution in [2.45, 2.75) is 6.92 Å². The largest absolute Gasteiger partial charge is 0.345 e. The summed E-state index contributed by atoms with van der Waals surface area (Å²) in [6.45, 7) is 4.52. The van der Waals surface area contributed by atoms with Gasteiger partial charge >= 0.3 is 0 Å². The number of carbonyl (C=O) groups is 3. The minimum atomic E-state index is -0.637. The topological polar surface area (TPSA) is 135 Å². The number of tetrazole rings is 1. The number of hydrogen-bond donors (Lipinski definition) is 3. The summed E-state index contributed by atoms with van der Waals surface area (Å²) in [5.41, 5.74) is 0.298. The van der Waals surface area contributed by atoms with E-state index < -0.39 is 11.8 Å². The molecule has 0 aromatic carbocycles. The lowest BCUT2D eigenvalue weighted by molar-refractivity contribution is -0.122. The maximum Gasteiger partial charge on any atom is 0.293 e. The van der Waals surface area contributed by atoms with Crippen LogP contribution in [0.5, 0.6) is 0 Å². The number of Topliss-reactive ketones (excluding diaryl/α,β-unsaturated/α-hetero) is 1. The molecule has 0 aliphatic carbocycles. The second kappa shape index (κ2) is 7.11. The molecular weight excluding hydrogens is 302 g/mol. The lowest BCUT2D eigenvalue weighted by Gasteiger charge is -2.04. The molecule has 2 aromatic rings. The van der Waals surface area contributed by atoms with Gasteiger partial charge in [-0.05, 0) is 24.3 Å². The number of hydrogen-bond acceptors (Lipinski definition) is 6. The van der Waals surface area contributed by atoms with E-state index in [2.05, 4.69) is 37.6 Å². The molecule has 0 radical (unpaired) electrons. The van der Waals surface area contributed by atoms with Crippen LogP contribution in [0.15, 0.2) is 30.5 Å². The molecular formula is C13H15N7O3. The molecule has 0 spiro atoms. The maximum absolute atomic E-state index is 11.8. The predicted octanol–water partition coefficient (Wildman–Crippen LogP) is -1.02. The number of amides is 2. The molecule has 3 N–H and O–H groups in total. The van der Waals surface area contributed by atoms with E-state index in [0.29, 0.717) is 11.4 Å². The van der Waals surface area contributed by atoms with Crippen LogP contribution in [-0.4, -0.2) is 55.9 Å². The number of ketones is 1. The van der Waals surface area contributed by atoms with Crippen LogP contribution < -0.4 is 10.6 Å². The fourth-order valence-electron chi connectivity index (χ4n) is 1.50. The zero-order valence-corrected chi connectivity index (χ0v) is 12.4. The standard InChI is InChI=1S/C13H15N7O3/c1-8(2)12(22)15-6-9(21)7-16-13(23)11-17-19-20(18-11)10-4-3-5-14-10/h3-5,14H,1,6-7H2,2H3,(H,15,22)(H,16,23). The summed E-state index contributed by atoms with van der Waals surface area (Å²) in [6.07, 6.45) is 1.68. The van der Waals surface area contributed by atoms with Crippen LogP contribution >= 0.6 is 0 Å². The number of carbonyl (C=O) groups excluding carboxylic acids is 3. The first-order valence-electron chi connectivity index (χ1n) is 6.64. The summed E-state index contributed by atoms with van der Waals surface area (Å²) in [5, 5.41) is 15.9. The lowest BCUT2D eigenvalue weighted by Crippen LogP contribution is -2.37. The van der Waals surface area contributed by atoms with Gasteiger partial charge in [-0.1, -0.05) is 6.58 Å². The van der Waals surface area contributed by atoms with Gasteiger partial charge in [0.05, 0.1) is 13.1 Å². The third-order valence-corrected chi connectivity index (χ3v) is 2.69. The molecule has 0 unspecified atom stereocenters. The molecule has 120 valence electrons. The Labute approximate surface area is 130 Å². The van der Waals surface area contributed by atoms with E-state index in [-0.39, 0.29) is 24.7 Å². The van der Waals surface area contributed by atoms with Crippen molar-refractivity contribution >= 4 is 17.6 Å². The molecule has 23 heavy (non-hydrogen) atoms. The number of nitrogens with one attached hydrogen (secondary N) is 3. The van der Waals surface area contributed by atoms with Crippen molar-refractivity contribution in [1.29, 1.82) is 0 Å². The molecule has 2 aromatic heterocycles. The average molecular weight is 317 g/mol. The Morgan fingerprint density at radius 2 is 2.04 bits per heavy atom. The molecule has 0 aliphatic heterocycles. The zero-order chi connectivity index (χ0) is 16.8. The summed E-state index contributed by atoms with van der Waals surface area (Å²) in [6, 6.07) is 3.45. The summed E-state index contributed by atoms with van der Waals surface area (Å²) in [5.74, 6) is -1.04. The molecule has 0 saturated heterocycles. The van der Waals surface area contributed by atoms with Gasteiger partial charge in [-0.25, -0.2) is 0 Å². The highest BCUT2D eigenvalue weighted by Crippen LogP contribution is 1.99. The third kappa shape index (κ3) is 4.33. The summed E-state index contributed by atoms with van der Waals surface area (Å²) < 4.78 is 0. The monoisotopic (exact) mass is 317 g/mol. The van der Waals surface area contributed by atoms with Crippen molar-refractivity contribution in [1.82, 2.24) is 35.8 Å². The number of H-pyrrole nitrogens is 1. The highest BCUT2D eigenvalue weighted by Gasteiger charge is 2.15. The van der Waals surface area contributed by atoms with Crippen molar-refractivity contribution in [3.05, 3.63) is 36.3 Å². The van der Waals surface area contributed by atoms with Gasteiger partial charge in [-0.2, -0.15) is 0 Å². The van der Waals surface area contributed by atoms with Crippen LogP contribution in [0.3, 0.4) is 0 Å². The SMILES string of the molecule is C=C(C)C(=O)NCC(=O)CNC(=O)c1nnn(-c2ccc[nH]2)n1. The Morgan fingerprint density at radius 3 is 2.70 bits per heavy atom. The van der Waals surface area contributed by atoms with Crippen molar-refractivity contribution in [2.75, 3.05) is 13.1 Å². The van der Waals surface area contributed by atoms with Crippen LogP contribution in [-0.2, 0) is 9.59 Å². The van der Waals surface area contributed by atoms with Gasteiger partial charge in [0.1, 0.15) is 0 Å². The van der Waals surface area contributed by atoms with Crippen LogP contribution in [0.4, 0.5) is 0 Å². The van der Waals surface area contributed by atoms with Crippen molar-refractivity contribution in [3.63, 3.8) is 0 Å². The van der Waals surface area contributed by atoms with E-state index >= 15 is 0 Å². The Balaban J connectivity index is 1.82. The highest BCUT2D eigenvalue weighted by atomic mass is 16.2. The minimum absolute atomic E-state index is 0.168. The van der Waals surface area contributed by atoms with Crippen LogP contribution in [0, 0.1) is 0 Å². The molecule has 10 heteroatoms. The Bertz CT molecular complexity index is 733. The van der Waals surface area contributed by atoms with E-state index in [1.807, 2.05) is 0 Å². The fraction of sp³-hybridized carbons (Fsp3) is 0.231. The Morgan fingerprint density at radius 1 is 1.30 bits per heavy atom. The number of rotatable bonds is 7. The van der Waals surface area contributed by atoms with Crippen LogP contribution in [0.25, 0.3) is 5.82 Å². The highest BCUT2D eigenvalue weighted by molar-refractivity contribution is 5.97. The van der Waals surface area contributed by atoms with E-state index in [4.69, 9.17) is 0 Å². The summed E-state index contributed by atoms with van der Waals surface area (Å²) in [7, 11) is 0. The minimum Gasteiger partial charge on any atom is -0.345 e. The number of aromatic nitrogens is 5. The summed E-state index contributed by atoms with van der Waals surface area (Å²) in [4.78, 5) is 38.6. The van der Waals surface area contributed by atoms with Crippen LogP contribution in [0.2, 0.25) is 0 Å². The number of aromatic amines is 1. The molecule has 0 saturated carbocycles. The zero-order valence-electron chi connectivity index (χ0n) is 12.4. The second-order valence-electron chi connectivity index (χ2n) is 4.64. The van der Waals surface area contributed by atoms with Gasteiger partial charge in [-0.15, -0.1) is 15.0 Å². The summed E-state index contributed by atoms with van der Waals surface area (Å²) >= 11 is 0. The quantitative estimate of drug-likeness (QED) is 0.560. The van der Waals surface area contributed by atoms with E-state index in [0.717, 1.165) is 4.80 Å². The first-order valence-corrected chi connectivity index (χ1v) is 6.64. The molecule has 0 atom stereocenters. The maximum atomic E-state index is 11.8. The van der Waals surface area contributed by atoms with Gasteiger partial charge in [0.25, 0.3) is 11.7 Å². The van der Waals surface area contributed by atoms with Gasteiger partial charge in [-0.3, -0.25) is 14.4 Å². The molecule has 0 bridgehead atoms. The molecule has 2 rings (SSSR count). The van der Waals surface area contributed by atoms with E-state index in [9.17, 15) is 14.4 Å². The average Bonchev–Trinajstić information content (AvgIpc) is 3.19. The Kier molecular flexibility index (Phi) is 4.97. The van der Waals surface area contributed by atoms with Crippen molar-refractivity contribution in [3.8, 4) is 5.82 Å². The molecule has 0 aliphatic rings. The molecule has 2 heterocycles. The van der Waals surface area contributed by atoms with Crippen molar-refractivity contribution < 1.29 is 14.4 Å². The Hall–Kier alpha value is -3.30. The predicted molar refractivity (Wildman–Crippen MR) is 78.7 cm³/mol. The lowest BCUT2D eigenvalue weighted by atomic mass is 10.3. The van der Waals surface area contributed by atoms with E-state index in [1.54, 1.807) is 18.3 Å². The first kappa shape index (κ1) is 16.1. The number of nitrogens with zero attached hydrogens (tertiary/aromatic N) is 4. The van der Waals surface area contributed by atoms with Gasteiger partial charge in [0.15, 0.2) is 11.6 Å². The molecule has 0 fully saturated rings. The third-order valence-electron chi connectivity index (χ3n) is 2.69. The second-order valence-corrected chi connectivity index (χ2v) is 4.64. The molecule has 10 nitrogen and oxygen atoms in total. The van der Waals surface area contributed by atoms with Gasteiger partial charge in [0, 0.05) is 11.8 Å². The molecule has 2 amide bonds. The fourth-order valence-corrected chi connectivity index (χ4v) is 1.50. The van der Waals surface area contributed by atoms with E-state index in [1.165, 1.54) is 6.92 Å².